The number of nitrogens with one attached hydrogen (secondary N) is 1. The number of carboxylic acid groups (broad SMARTS) is 1. The quantitative estimate of drug-likeness (QED) is 0.888. The third kappa shape index (κ3) is 2.48. The van der Waals surface area contributed by atoms with Gasteiger partial charge in [0.25, 0.3) is 0 Å². The van der Waals surface area contributed by atoms with Gasteiger partial charge in [-0.1, -0.05) is 0 Å². The average Bonchev–Trinajstić information content (AvgIpc) is 2.59. The maximum Gasteiger partial charge on any atom is 0.335 e. The molecule has 0 fully saturated rings. The summed E-state index contributed by atoms with van der Waals surface area (Å²) in [5.41, 5.74) is 1.85. The van der Waals surface area contributed by atoms with Crippen molar-refractivity contribution in [3.05, 3.63) is 29.6 Å². The van der Waals surface area contributed by atoms with Gasteiger partial charge in [-0.15, -0.1) is 12.4 Å². The lowest BCUT2D eigenvalue weighted by atomic mass is 10.2. The zero-order chi connectivity index (χ0) is 10.8. The Bertz CT molecular complexity index is 512. The number of hydrogen-bond acceptors (Lipinski definition) is 3. The number of carboxylic acids is 1. The number of thioether (sulfide) groups is 1. The Balaban J connectivity index is 0.00000128. The highest BCUT2D eigenvalue weighted by Crippen LogP contribution is 2.15. The second-order valence-corrected chi connectivity index (χ2v) is 4.02. The van der Waals surface area contributed by atoms with Crippen LogP contribution in [0.2, 0.25) is 0 Å². The first kappa shape index (κ1) is 12.9. The van der Waals surface area contributed by atoms with Crippen LogP contribution in [0.25, 0.3) is 11.0 Å². The molecule has 1 aromatic heterocycles. The molecule has 2 N–H and O–H groups in total. The van der Waals surface area contributed by atoms with Crippen molar-refractivity contribution in [2.75, 3.05) is 6.26 Å². The van der Waals surface area contributed by atoms with Gasteiger partial charge in [-0.3, -0.25) is 0 Å². The fraction of sp³-hybridized carbons (Fsp3) is 0.200. The van der Waals surface area contributed by atoms with Crippen LogP contribution in [0.5, 0.6) is 0 Å². The van der Waals surface area contributed by atoms with Crippen LogP contribution in [-0.4, -0.2) is 27.3 Å². The summed E-state index contributed by atoms with van der Waals surface area (Å²) >= 11 is 1.67. The lowest BCUT2D eigenvalue weighted by Gasteiger charge is -1.92. The Morgan fingerprint density at radius 2 is 2.31 bits per heavy atom. The van der Waals surface area contributed by atoms with Crippen molar-refractivity contribution >= 4 is 41.2 Å². The Morgan fingerprint density at radius 1 is 1.56 bits per heavy atom. The van der Waals surface area contributed by atoms with E-state index >= 15 is 0 Å². The smallest absolute Gasteiger partial charge is 0.335 e. The van der Waals surface area contributed by atoms with Crippen LogP contribution in [0.4, 0.5) is 0 Å². The van der Waals surface area contributed by atoms with Crippen LogP contribution < -0.4 is 0 Å². The van der Waals surface area contributed by atoms with Crippen molar-refractivity contribution in [3.8, 4) is 0 Å². The summed E-state index contributed by atoms with van der Waals surface area (Å²) in [4.78, 5) is 18.2. The molecule has 4 nitrogen and oxygen atoms in total. The number of rotatable bonds is 3. The van der Waals surface area contributed by atoms with Gasteiger partial charge >= 0.3 is 5.97 Å². The summed E-state index contributed by atoms with van der Waals surface area (Å²) in [6.45, 7) is 0. The molecule has 1 aromatic carbocycles. The normalized spacial score (nSPS) is 10.1. The molecule has 86 valence electrons. The Morgan fingerprint density at radius 3 is 2.94 bits per heavy atom. The van der Waals surface area contributed by atoms with Gasteiger partial charge in [-0.25, -0.2) is 9.78 Å². The lowest BCUT2D eigenvalue weighted by Crippen LogP contribution is -1.94. The predicted molar refractivity (Wildman–Crippen MR) is 67.5 cm³/mol. The van der Waals surface area contributed by atoms with Crippen LogP contribution >= 0.6 is 24.2 Å². The van der Waals surface area contributed by atoms with E-state index in [2.05, 4.69) is 9.97 Å². The third-order valence-electron chi connectivity index (χ3n) is 2.06. The van der Waals surface area contributed by atoms with E-state index in [4.69, 9.17) is 5.11 Å². The van der Waals surface area contributed by atoms with E-state index in [-0.39, 0.29) is 18.0 Å². The number of benzene rings is 1. The van der Waals surface area contributed by atoms with Crippen molar-refractivity contribution in [1.82, 2.24) is 9.97 Å². The molecule has 6 heteroatoms. The van der Waals surface area contributed by atoms with Gasteiger partial charge in [0.15, 0.2) is 0 Å². The highest BCUT2D eigenvalue weighted by Gasteiger charge is 2.06. The molecule has 2 rings (SSSR count). The van der Waals surface area contributed by atoms with Crippen LogP contribution in [0, 0.1) is 0 Å². The molecule has 1 heterocycles. The van der Waals surface area contributed by atoms with E-state index in [0.29, 0.717) is 5.52 Å². The van der Waals surface area contributed by atoms with E-state index in [1.807, 2.05) is 6.26 Å². The number of fused-ring (bicyclic) bond motifs is 1. The third-order valence-corrected chi connectivity index (χ3v) is 2.62. The van der Waals surface area contributed by atoms with E-state index in [1.54, 1.807) is 30.0 Å². The van der Waals surface area contributed by atoms with Gasteiger partial charge in [0.2, 0.25) is 0 Å². The number of carbonyl (C=O) groups is 1. The number of nitrogens with zero attached hydrogens (tertiary/aromatic N) is 1. The molecular formula is C10H11ClN2O2S. The van der Waals surface area contributed by atoms with E-state index in [1.165, 1.54) is 0 Å². The minimum absolute atomic E-state index is 0. The van der Waals surface area contributed by atoms with Crippen LogP contribution in [-0.2, 0) is 5.75 Å². The molecule has 0 atom stereocenters. The van der Waals surface area contributed by atoms with Crippen molar-refractivity contribution in [2.24, 2.45) is 0 Å². The predicted octanol–water partition coefficient (Wildman–Crippen LogP) is 2.55. The van der Waals surface area contributed by atoms with E-state index in [0.717, 1.165) is 17.1 Å². The summed E-state index contributed by atoms with van der Waals surface area (Å²) in [6, 6.07) is 4.90. The van der Waals surface area contributed by atoms with Gasteiger partial charge < -0.3 is 10.1 Å². The molecule has 0 aliphatic carbocycles. The van der Waals surface area contributed by atoms with Gasteiger partial charge in [0, 0.05) is 0 Å². The highest BCUT2D eigenvalue weighted by molar-refractivity contribution is 7.97. The molecule has 0 saturated carbocycles. The SMILES string of the molecule is CSCc1nc2cc(C(=O)O)ccc2[nH]1.Cl. The Hall–Kier alpha value is -1.20. The molecule has 0 unspecified atom stereocenters. The first-order chi connectivity index (χ1) is 7.20. The summed E-state index contributed by atoms with van der Waals surface area (Å²) < 4.78 is 0. The van der Waals surface area contributed by atoms with Crippen molar-refractivity contribution < 1.29 is 9.90 Å². The summed E-state index contributed by atoms with van der Waals surface area (Å²) in [5, 5.41) is 8.81. The van der Waals surface area contributed by atoms with Crippen LogP contribution in [0.3, 0.4) is 0 Å². The largest absolute Gasteiger partial charge is 0.478 e. The fourth-order valence-corrected chi connectivity index (χ4v) is 1.81. The van der Waals surface area contributed by atoms with Gasteiger partial charge in [0.1, 0.15) is 5.82 Å². The molecule has 0 amide bonds. The minimum Gasteiger partial charge on any atom is -0.478 e. The zero-order valence-corrected chi connectivity index (χ0v) is 10.2. The molecule has 0 aliphatic rings. The molecule has 0 spiro atoms. The van der Waals surface area contributed by atoms with Crippen LogP contribution in [0.15, 0.2) is 18.2 Å². The van der Waals surface area contributed by atoms with Gasteiger partial charge in [-0.05, 0) is 24.5 Å². The maximum atomic E-state index is 10.7. The first-order valence-corrected chi connectivity index (χ1v) is 5.81. The number of hydrogen-bond donors (Lipinski definition) is 2. The van der Waals surface area contributed by atoms with Crippen LogP contribution in [0.1, 0.15) is 16.2 Å². The van der Waals surface area contributed by atoms with E-state index in [9.17, 15) is 4.79 Å². The lowest BCUT2D eigenvalue weighted by molar-refractivity contribution is 0.0697. The molecule has 0 saturated heterocycles. The van der Waals surface area contributed by atoms with Gasteiger partial charge in [0.05, 0.1) is 22.3 Å². The molecule has 2 aromatic rings. The fourth-order valence-electron chi connectivity index (χ4n) is 1.40. The molecule has 16 heavy (non-hydrogen) atoms. The average molecular weight is 259 g/mol. The van der Waals surface area contributed by atoms with E-state index < -0.39 is 5.97 Å². The zero-order valence-electron chi connectivity index (χ0n) is 8.56. The number of aromatic amines is 1. The molecule has 0 radical (unpaired) electrons. The Kier molecular flexibility index (Phi) is 4.20. The summed E-state index contributed by atoms with van der Waals surface area (Å²) in [7, 11) is 0. The van der Waals surface area contributed by atoms with Gasteiger partial charge in [-0.2, -0.15) is 11.8 Å². The highest BCUT2D eigenvalue weighted by atomic mass is 35.5. The van der Waals surface area contributed by atoms with Crippen molar-refractivity contribution in [1.29, 1.82) is 0 Å². The van der Waals surface area contributed by atoms with Crippen molar-refractivity contribution in [2.45, 2.75) is 5.75 Å². The number of aromatic carboxylic acids is 1. The molecule has 0 bridgehead atoms. The summed E-state index contributed by atoms with van der Waals surface area (Å²) in [5.74, 6) is 0.753. The number of aromatic nitrogens is 2. The monoisotopic (exact) mass is 258 g/mol. The topological polar surface area (TPSA) is 66.0 Å². The maximum absolute atomic E-state index is 10.7. The second kappa shape index (κ2) is 5.23. The minimum atomic E-state index is -0.925. The first-order valence-electron chi connectivity index (χ1n) is 4.41. The number of halogens is 1. The number of H-pyrrole nitrogens is 1. The standard InChI is InChI=1S/C10H10N2O2S.ClH/c1-15-5-9-11-7-3-2-6(10(13)14)4-8(7)12-9;/h2-4H,5H2,1H3,(H,11,12)(H,13,14);1H. The molecular weight excluding hydrogens is 248 g/mol. The molecule has 0 aliphatic heterocycles. The van der Waals surface area contributed by atoms with Crippen molar-refractivity contribution in [3.63, 3.8) is 0 Å². The second-order valence-electron chi connectivity index (χ2n) is 3.15. The Labute approximate surface area is 103 Å². The number of imidazole rings is 1. The summed E-state index contributed by atoms with van der Waals surface area (Å²) in [6.07, 6.45) is 2.00.